The van der Waals surface area contributed by atoms with E-state index in [4.69, 9.17) is 14.7 Å². The Balaban J connectivity index is 1.43. The van der Waals surface area contributed by atoms with Crippen molar-refractivity contribution in [3.05, 3.63) is 65.4 Å². The lowest BCUT2D eigenvalue weighted by atomic mass is 9.75. The van der Waals surface area contributed by atoms with Crippen molar-refractivity contribution in [1.82, 2.24) is 9.97 Å². The Morgan fingerprint density at radius 3 is 2.37 bits per heavy atom. The van der Waals surface area contributed by atoms with Crippen LogP contribution >= 0.6 is 0 Å². The van der Waals surface area contributed by atoms with Crippen LogP contribution in [0.1, 0.15) is 41.9 Å². The van der Waals surface area contributed by atoms with Gasteiger partial charge >= 0.3 is 0 Å². The number of hydrogen-bond donors (Lipinski definition) is 1. The van der Waals surface area contributed by atoms with E-state index in [-0.39, 0.29) is 11.2 Å². The predicted molar refractivity (Wildman–Crippen MR) is 140 cm³/mol. The summed E-state index contributed by atoms with van der Waals surface area (Å²) in [6.07, 6.45) is 1.26. The number of piperazine rings is 1. The zero-order valence-electron chi connectivity index (χ0n) is 21.0. The molecule has 7 nitrogen and oxygen atoms in total. The molecule has 1 aliphatic carbocycles. The van der Waals surface area contributed by atoms with Gasteiger partial charge in [-0.25, -0.2) is 4.98 Å². The Morgan fingerprint density at radius 1 is 0.943 bits per heavy atom. The van der Waals surface area contributed by atoms with Crippen LogP contribution in [0.25, 0.3) is 0 Å². The maximum Gasteiger partial charge on any atom is 0.227 e. The summed E-state index contributed by atoms with van der Waals surface area (Å²) in [4.78, 5) is 27.6. The van der Waals surface area contributed by atoms with E-state index in [1.807, 2.05) is 24.3 Å². The molecule has 1 aromatic heterocycles. The number of aromatic nitrogens is 2. The lowest BCUT2D eigenvalue weighted by molar-refractivity contribution is 0.0911. The topological polar surface area (TPSA) is 70.6 Å². The molecule has 0 saturated carbocycles. The monoisotopic (exact) mass is 471 g/mol. The number of Topliss-reactive ketones (excluding diaryl/α,β-unsaturated/α-hetero) is 1. The second-order valence-corrected chi connectivity index (χ2v) is 10.3. The minimum absolute atomic E-state index is 0.109. The van der Waals surface area contributed by atoms with E-state index in [1.54, 1.807) is 7.11 Å². The van der Waals surface area contributed by atoms with Crippen LogP contribution < -0.4 is 19.9 Å². The number of aryl methyl sites for hydroxylation is 1. The molecule has 3 aromatic rings. The smallest absolute Gasteiger partial charge is 0.227 e. The van der Waals surface area contributed by atoms with Gasteiger partial charge in [-0.2, -0.15) is 4.98 Å². The highest BCUT2D eigenvalue weighted by Gasteiger charge is 2.35. The number of benzene rings is 2. The maximum atomic E-state index is 13.2. The quantitative estimate of drug-likeness (QED) is 0.560. The van der Waals surface area contributed by atoms with Crippen LogP contribution in [-0.2, 0) is 6.42 Å². The van der Waals surface area contributed by atoms with Crippen LogP contribution in [0.4, 0.5) is 23.1 Å². The zero-order valence-corrected chi connectivity index (χ0v) is 21.0. The van der Waals surface area contributed by atoms with Crippen LogP contribution in [0, 0.1) is 12.3 Å². The molecule has 2 heterocycles. The number of methoxy groups -OCH3 is 1. The number of anilines is 4. The number of fused-ring (bicyclic) bond motifs is 1. The van der Waals surface area contributed by atoms with Gasteiger partial charge < -0.3 is 19.9 Å². The molecule has 7 heteroatoms. The van der Waals surface area contributed by atoms with Gasteiger partial charge in [0.1, 0.15) is 11.6 Å². The molecule has 2 aliphatic rings. The standard InChI is InChI=1S/C28H33N5O2/c1-19-8-10-20(11-9-19)29-26-25-23(17-28(2,3)18-24(25)34)30-27(31-26)33-14-12-32(13-15-33)21-6-5-7-22(16-21)35-4/h5-11,16H,12-15,17-18H2,1-4H3,(H,29,30,31). The van der Waals surface area contributed by atoms with Crippen molar-refractivity contribution in [3.63, 3.8) is 0 Å². The maximum absolute atomic E-state index is 13.2. The van der Waals surface area contributed by atoms with Crippen LogP contribution in [0.3, 0.4) is 0 Å². The number of carbonyl (C=O) groups excluding carboxylic acids is 1. The van der Waals surface area contributed by atoms with Crippen molar-refractivity contribution in [3.8, 4) is 5.75 Å². The summed E-state index contributed by atoms with van der Waals surface area (Å²) in [5.41, 5.74) is 4.65. The van der Waals surface area contributed by atoms with Crippen molar-refractivity contribution in [2.24, 2.45) is 5.41 Å². The van der Waals surface area contributed by atoms with Gasteiger partial charge in [0.05, 0.1) is 18.4 Å². The van der Waals surface area contributed by atoms with E-state index in [0.717, 1.165) is 55.4 Å². The number of nitrogens with zero attached hydrogens (tertiary/aromatic N) is 4. The van der Waals surface area contributed by atoms with E-state index in [2.05, 4.69) is 60.2 Å². The number of ketones is 1. The van der Waals surface area contributed by atoms with E-state index in [0.29, 0.717) is 23.8 Å². The molecule has 0 atom stereocenters. The van der Waals surface area contributed by atoms with E-state index in [1.165, 1.54) is 5.56 Å². The number of ether oxygens (including phenoxy) is 1. The van der Waals surface area contributed by atoms with Gasteiger partial charge in [0.15, 0.2) is 5.78 Å². The summed E-state index contributed by atoms with van der Waals surface area (Å²) >= 11 is 0. The molecule has 182 valence electrons. The summed E-state index contributed by atoms with van der Waals surface area (Å²) in [6.45, 7) is 9.66. The molecule has 1 saturated heterocycles. The second kappa shape index (κ2) is 9.21. The average Bonchev–Trinajstić information content (AvgIpc) is 2.84. The molecule has 1 N–H and O–H groups in total. The van der Waals surface area contributed by atoms with Gasteiger partial charge in [-0.3, -0.25) is 4.79 Å². The highest BCUT2D eigenvalue weighted by Crippen LogP contribution is 2.38. The van der Waals surface area contributed by atoms with Gasteiger partial charge in [-0.15, -0.1) is 0 Å². The first-order valence-corrected chi connectivity index (χ1v) is 12.2. The molecule has 2 aromatic carbocycles. The molecule has 1 fully saturated rings. The highest BCUT2D eigenvalue weighted by atomic mass is 16.5. The van der Waals surface area contributed by atoms with Crippen molar-refractivity contribution in [2.45, 2.75) is 33.6 Å². The van der Waals surface area contributed by atoms with Crippen molar-refractivity contribution < 1.29 is 9.53 Å². The highest BCUT2D eigenvalue weighted by molar-refractivity contribution is 6.03. The molecule has 0 spiro atoms. The first-order chi connectivity index (χ1) is 16.8. The third-order valence-corrected chi connectivity index (χ3v) is 6.83. The molecular weight excluding hydrogens is 438 g/mol. The minimum atomic E-state index is -0.109. The fourth-order valence-corrected chi connectivity index (χ4v) is 4.93. The first-order valence-electron chi connectivity index (χ1n) is 12.2. The molecule has 5 rings (SSSR count). The summed E-state index contributed by atoms with van der Waals surface area (Å²) in [5.74, 6) is 2.28. The largest absolute Gasteiger partial charge is 0.497 e. The molecule has 35 heavy (non-hydrogen) atoms. The van der Waals surface area contributed by atoms with Crippen molar-refractivity contribution in [1.29, 1.82) is 0 Å². The molecule has 0 unspecified atom stereocenters. The van der Waals surface area contributed by atoms with Gasteiger partial charge in [-0.1, -0.05) is 37.6 Å². The lowest BCUT2D eigenvalue weighted by Crippen LogP contribution is -2.47. The SMILES string of the molecule is COc1cccc(N2CCN(c3nc4c(c(Nc5ccc(C)cc5)n3)C(=O)CC(C)(C)C4)CC2)c1. The van der Waals surface area contributed by atoms with Gasteiger partial charge in [-0.05, 0) is 43.0 Å². The van der Waals surface area contributed by atoms with Gasteiger partial charge in [0.25, 0.3) is 0 Å². The average molecular weight is 472 g/mol. The number of nitrogens with one attached hydrogen (secondary N) is 1. The normalized spacial score (nSPS) is 17.2. The molecular formula is C28H33N5O2. The van der Waals surface area contributed by atoms with Crippen LogP contribution in [0.5, 0.6) is 5.75 Å². The Bertz CT molecular complexity index is 1230. The Hall–Kier alpha value is -3.61. The van der Waals surface area contributed by atoms with Gasteiger partial charge in [0.2, 0.25) is 5.95 Å². The molecule has 0 bridgehead atoms. The third kappa shape index (κ3) is 4.94. The summed E-state index contributed by atoms with van der Waals surface area (Å²) in [6, 6.07) is 16.3. The number of carbonyl (C=O) groups is 1. The lowest BCUT2D eigenvalue weighted by Gasteiger charge is -2.37. The number of rotatable bonds is 5. The van der Waals surface area contributed by atoms with Crippen LogP contribution in [-0.4, -0.2) is 49.0 Å². The fourth-order valence-electron chi connectivity index (χ4n) is 4.93. The first kappa shape index (κ1) is 23.1. The fraction of sp³-hybridized carbons (Fsp3) is 0.393. The van der Waals surface area contributed by atoms with Crippen molar-refractivity contribution >= 4 is 28.9 Å². The minimum Gasteiger partial charge on any atom is -0.497 e. The predicted octanol–water partition coefficient (Wildman–Crippen LogP) is 5.02. The Kier molecular flexibility index (Phi) is 6.09. The second-order valence-electron chi connectivity index (χ2n) is 10.3. The van der Waals surface area contributed by atoms with Gasteiger partial charge in [0, 0.05) is 50.0 Å². The molecule has 0 radical (unpaired) electrons. The van der Waals surface area contributed by atoms with Crippen LogP contribution in [0.15, 0.2) is 48.5 Å². The Labute approximate surface area is 207 Å². The summed E-state index contributed by atoms with van der Waals surface area (Å²) in [5, 5.41) is 3.42. The van der Waals surface area contributed by atoms with E-state index in [9.17, 15) is 4.79 Å². The molecule has 1 aliphatic heterocycles. The van der Waals surface area contributed by atoms with E-state index < -0.39 is 0 Å². The van der Waals surface area contributed by atoms with Crippen molar-refractivity contribution in [2.75, 3.05) is 48.4 Å². The summed E-state index contributed by atoms with van der Waals surface area (Å²) in [7, 11) is 1.69. The Morgan fingerprint density at radius 2 is 1.66 bits per heavy atom. The molecule has 0 amide bonds. The number of hydrogen-bond acceptors (Lipinski definition) is 7. The third-order valence-electron chi connectivity index (χ3n) is 6.83. The zero-order chi connectivity index (χ0) is 24.6. The van der Waals surface area contributed by atoms with E-state index >= 15 is 0 Å². The summed E-state index contributed by atoms with van der Waals surface area (Å²) < 4.78 is 5.39. The van der Waals surface area contributed by atoms with Crippen LogP contribution in [0.2, 0.25) is 0 Å².